The summed E-state index contributed by atoms with van der Waals surface area (Å²) in [5.74, 6) is -0.736. The molecule has 3 rings (SSSR count). The van der Waals surface area contributed by atoms with Gasteiger partial charge in [-0.05, 0) is 41.8 Å². The molecule has 1 unspecified atom stereocenters. The number of methoxy groups -OCH3 is 1. The van der Waals surface area contributed by atoms with Gasteiger partial charge in [-0.2, -0.15) is 0 Å². The zero-order valence-corrected chi connectivity index (χ0v) is 17.1. The van der Waals surface area contributed by atoms with E-state index in [0.29, 0.717) is 38.2 Å². The molecule has 1 aliphatic rings. The first-order valence-corrected chi connectivity index (χ1v) is 10.1. The zero-order chi connectivity index (χ0) is 21.3. The van der Waals surface area contributed by atoms with Crippen LogP contribution in [0.2, 0.25) is 0 Å². The number of carbonyl (C=O) groups excluding carboxylic acids is 2. The molecule has 2 aromatic rings. The van der Waals surface area contributed by atoms with Gasteiger partial charge in [0.1, 0.15) is 5.82 Å². The molecule has 1 fully saturated rings. The van der Waals surface area contributed by atoms with Crippen molar-refractivity contribution in [3.8, 4) is 0 Å². The predicted octanol–water partition coefficient (Wildman–Crippen LogP) is 2.73. The Hall–Kier alpha value is -2.77. The number of hydrogen-bond acceptors (Lipinski definition) is 5. The van der Waals surface area contributed by atoms with Crippen LogP contribution >= 0.6 is 0 Å². The highest BCUT2D eigenvalue weighted by Crippen LogP contribution is 2.22. The molecule has 6 nitrogen and oxygen atoms in total. The molecule has 7 heteroatoms. The number of esters is 1. The van der Waals surface area contributed by atoms with E-state index < -0.39 is 0 Å². The van der Waals surface area contributed by atoms with Crippen LogP contribution in [-0.2, 0) is 20.7 Å². The third kappa shape index (κ3) is 6.11. The molecule has 0 radical (unpaired) electrons. The molecule has 0 aliphatic carbocycles. The number of nitrogens with zero attached hydrogens (tertiary/aromatic N) is 1. The van der Waals surface area contributed by atoms with Gasteiger partial charge in [0, 0.05) is 26.1 Å². The summed E-state index contributed by atoms with van der Waals surface area (Å²) in [6.45, 7) is 3.14. The number of hydrogen-bond donors (Lipinski definition) is 1. The summed E-state index contributed by atoms with van der Waals surface area (Å²) >= 11 is 0. The van der Waals surface area contributed by atoms with Gasteiger partial charge in [0.2, 0.25) is 5.91 Å². The number of morpholine rings is 1. The normalized spacial score (nSPS) is 15.4. The van der Waals surface area contributed by atoms with E-state index in [4.69, 9.17) is 4.74 Å². The number of nitrogens with one attached hydrogen (secondary N) is 1. The van der Waals surface area contributed by atoms with Crippen LogP contribution in [0, 0.1) is 5.82 Å². The lowest BCUT2D eigenvalue weighted by Crippen LogP contribution is -2.43. The van der Waals surface area contributed by atoms with Crippen LogP contribution < -0.4 is 5.32 Å². The second-order valence-electron chi connectivity index (χ2n) is 7.21. The SMILES string of the molecule is COC(=O)c1ccc(CCC(=O)NCC(c2cccc(F)c2)N2CCOCC2)cc1. The first-order valence-electron chi connectivity index (χ1n) is 10.1. The maximum atomic E-state index is 13.7. The number of halogens is 1. The largest absolute Gasteiger partial charge is 0.465 e. The van der Waals surface area contributed by atoms with Gasteiger partial charge in [0.15, 0.2) is 0 Å². The van der Waals surface area contributed by atoms with Crippen molar-refractivity contribution in [1.82, 2.24) is 10.2 Å². The van der Waals surface area contributed by atoms with Gasteiger partial charge in [0.25, 0.3) is 0 Å². The fourth-order valence-electron chi connectivity index (χ4n) is 3.54. The minimum absolute atomic E-state index is 0.0679. The maximum absolute atomic E-state index is 13.7. The molecule has 2 aromatic carbocycles. The van der Waals surface area contributed by atoms with E-state index in [1.807, 2.05) is 18.2 Å². The van der Waals surface area contributed by atoms with Crippen molar-refractivity contribution in [2.45, 2.75) is 18.9 Å². The minimum atomic E-state index is -0.384. The number of rotatable bonds is 8. The molecule has 30 heavy (non-hydrogen) atoms. The molecule has 1 amide bonds. The van der Waals surface area contributed by atoms with E-state index in [0.717, 1.165) is 24.2 Å². The Morgan fingerprint density at radius 2 is 1.90 bits per heavy atom. The van der Waals surface area contributed by atoms with E-state index in [-0.39, 0.29) is 23.7 Å². The molecule has 1 N–H and O–H groups in total. The number of amides is 1. The Balaban J connectivity index is 1.55. The van der Waals surface area contributed by atoms with Crippen molar-refractivity contribution in [1.29, 1.82) is 0 Å². The highest BCUT2D eigenvalue weighted by Gasteiger charge is 2.23. The smallest absolute Gasteiger partial charge is 0.337 e. The molecule has 1 aliphatic heterocycles. The Bertz CT molecular complexity index is 851. The summed E-state index contributed by atoms with van der Waals surface area (Å²) in [7, 11) is 1.34. The molecular formula is C23H27FN2O4. The fourth-order valence-corrected chi connectivity index (χ4v) is 3.54. The van der Waals surface area contributed by atoms with Gasteiger partial charge in [0.05, 0.1) is 31.9 Å². The molecule has 160 valence electrons. The Morgan fingerprint density at radius 1 is 1.17 bits per heavy atom. The summed E-state index contributed by atoms with van der Waals surface area (Å²) in [5, 5.41) is 2.99. The highest BCUT2D eigenvalue weighted by atomic mass is 19.1. The van der Waals surface area contributed by atoms with Gasteiger partial charge in [-0.3, -0.25) is 9.69 Å². The van der Waals surface area contributed by atoms with Crippen molar-refractivity contribution >= 4 is 11.9 Å². The van der Waals surface area contributed by atoms with E-state index in [9.17, 15) is 14.0 Å². The molecule has 1 saturated heterocycles. The first-order chi connectivity index (χ1) is 14.6. The van der Waals surface area contributed by atoms with Crippen LogP contribution in [0.1, 0.15) is 33.9 Å². The number of benzene rings is 2. The summed E-state index contributed by atoms with van der Waals surface area (Å²) in [6, 6.07) is 13.4. The summed E-state index contributed by atoms with van der Waals surface area (Å²) in [6.07, 6.45) is 0.895. The monoisotopic (exact) mass is 414 g/mol. The molecule has 0 bridgehead atoms. The van der Waals surface area contributed by atoms with Crippen molar-refractivity contribution in [2.75, 3.05) is 40.0 Å². The third-order valence-corrected chi connectivity index (χ3v) is 5.23. The average molecular weight is 414 g/mol. The van der Waals surface area contributed by atoms with E-state index in [1.54, 1.807) is 18.2 Å². The number of carbonyl (C=O) groups is 2. The Kier molecular flexibility index (Phi) is 7.93. The summed E-state index contributed by atoms with van der Waals surface area (Å²) in [5.41, 5.74) is 2.29. The lowest BCUT2D eigenvalue weighted by atomic mass is 10.0. The van der Waals surface area contributed by atoms with Gasteiger partial charge < -0.3 is 14.8 Å². The highest BCUT2D eigenvalue weighted by molar-refractivity contribution is 5.89. The zero-order valence-electron chi connectivity index (χ0n) is 17.1. The predicted molar refractivity (Wildman–Crippen MR) is 111 cm³/mol. The summed E-state index contributed by atoms with van der Waals surface area (Å²) < 4.78 is 23.8. The average Bonchev–Trinajstić information content (AvgIpc) is 2.78. The van der Waals surface area contributed by atoms with Crippen LogP contribution in [0.15, 0.2) is 48.5 Å². The summed E-state index contributed by atoms with van der Waals surface area (Å²) in [4.78, 5) is 26.1. The third-order valence-electron chi connectivity index (χ3n) is 5.23. The second kappa shape index (κ2) is 10.8. The number of ether oxygens (including phenoxy) is 2. The molecule has 0 aromatic heterocycles. The van der Waals surface area contributed by atoms with Crippen LogP contribution in [0.4, 0.5) is 4.39 Å². The molecule has 1 atom stereocenters. The van der Waals surface area contributed by atoms with E-state index in [2.05, 4.69) is 15.0 Å². The van der Waals surface area contributed by atoms with Crippen LogP contribution in [0.3, 0.4) is 0 Å². The molecular weight excluding hydrogens is 387 g/mol. The van der Waals surface area contributed by atoms with Crippen molar-refractivity contribution in [2.24, 2.45) is 0 Å². The first kappa shape index (κ1) is 21.9. The van der Waals surface area contributed by atoms with Gasteiger partial charge in [-0.25, -0.2) is 9.18 Å². The molecule has 0 saturated carbocycles. The van der Waals surface area contributed by atoms with Crippen LogP contribution in [-0.4, -0.2) is 56.7 Å². The topological polar surface area (TPSA) is 67.9 Å². The van der Waals surface area contributed by atoms with Gasteiger partial charge in [-0.1, -0.05) is 24.3 Å². The van der Waals surface area contributed by atoms with Gasteiger partial charge in [-0.15, -0.1) is 0 Å². The lowest BCUT2D eigenvalue weighted by Gasteiger charge is -2.35. The Labute approximate surface area is 176 Å². The van der Waals surface area contributed by atoms with Crippen LogP contribution in [0.25, 0.3) is 0 Å². The van der Waals surface area contributed by atoms with Crippen molar-refractivity contribution < 1.29 is 23.5 Å². The van der Waals surface area contributed by atoms with Crippen LogP contribution in [0.5, 0.6) is 0 Å². The maximum Gasteiger partial charge on any atom is 0.337 e. The quantitative estimate of drug-likeness (QED) is 0.673. The fraction of sp³-hybridized carbons (Fsp3) is 0.391. The molecule has 0 spiro atoms. The number of aryl methyl sites for hydroxylation is 1. The Morgan fingerprint density at radius 3 is 2.57 bits per heavy atom. The van der Waals surface area contributed by atoms with Crippen molar-refractivity contribution in [3.63, 3.8) is 0 Å². The van der Waals surface area contributed by atoms with Gasteiger partial charge >= 0.3 is 5.97 Å². The standard InChI is InChI=1S/C23H27FN2O4/c1-29-23(28)18-8-5-17(6-9-18)7-10-22(27)25-16-21(26-11-13-30-14-12-26)19-3-2-4-20(24)15-19/h2-6,8-9,15,21H,7,10-14,16H2,1H3,(H,25,27). The second-order valence-corrected chi connectivity index (χ2v) is 7.21. The van der Waals surface area contributed by atoms with E-state index >= 15 is 0 Å². The lowest BCUT2D eigenvalue weighted by molar-refractivity contribution is -0.121. The molecule has 1 heterocycles. The van der Waals surface area contributed by atoms with E-state index in [1.165, 1.54) is 19.2 Å². The minimum Gasteiger partial charge on any atom is -0.465 e. The van der Waals surface area contributed by atoms with Crippen molar-refractivity contribution in [3.05, 3.63) is 71.0 Å².